The summed E-state index contributed by atoms with van der Waals surface area (Å²) in [5, 5.41) is 13.4. The standard InChI is InChI=1S/C23H25NO4/c1-27-17-9-8-14(11-18(17)28-2)21-20-13-7-6-12(10-13)19(20)15-4-3-5-16(23(25)26)22(15)24-21/h3-5,8-9,11-13,19-21,24H,6-7,10H2,1-2H3,(H,25,26)/t12-,13-,19+,20+,21-/m0/s1. The fourth-order valence-electron chi connectivity index (χ4n) is 6.07. The minimum absolute atomic E-state index is 0.0770. The van der Waals surface area contributed by atoms with Crippen LogP contribution >= 0.6 is 0 Å². The number of fused-ring (bicyclic) bond motifs is 7. The second kappa shape index (κ2) is 6.43. The van der Waals surface area contributed by atoms with Gasteiger partial charge in [0.05, 0.1) is 31.5 Å². The molecule has 2 aromatic rings. The summed E-state index contributed by atoms with van der Waals surface area (Å²) in [5.74, 6) is 2.78. The fourth-order valence-corrected chi connectivity index (χ4v) is 6.07. The predicted octanol–water partition coefficient (Wildman–Crippen LogP) is 4.70. The van der Waals surface area contributed by atoms with Crippen molar-refractivity contribution in [2.24, 2.45) is 17.8 Å². The number of aromatic carboxylic acids is 1. The summed E-state index contributed by atoms with van der Waals surface area (Å²) in [6.45, 7) is 0. The van der Waals surface area contributed by atoms with Crippen molar-refractivity contribution in [3.63, 3.8) is 0 Å². The van der Waals surface area contributed by atoms with Gasteiger partial charge in [0.1, 0.15) is 0 Å². The molecule has 1 heterocycles. The van der Waals surface area contributed by atoms with Crippen LogP contribution < -0.4 is 14.8 Å². The second-order valence-corrected chi connectivity index (χ2v) is 8.25. The normalized spacial score (nSPS) is 29.6. The van der Waals surface area contributed by atoms with Crippen molar-refractivity contribution >= 4 is 11.7 Å². The Morgan fingerprint density at radius 3 is 2.61 bits per heavy atom. The van der Waals surface area contributed by atoms with Crippen molar-refractivity contribution < 1.29 is 19.4 Å². The molecule has 5 rings (SSSR count). The number of nitrogens with one attached hydrogen (secondary N) is 1. The van der Waals surface area contributed by atoms with Crippen molar-refractivity contribution in [2.45, 2.75) is 31.2 Å². The van der Waals surface area contributed by atoms with Crippen molar-refractivity contribution in [3.05, 3.63) is 53.1 Å². The van der Waals surface area contributed by atoms with E-state index in [1.54, 1.807) is 20.3 Å². The number of para-hydroxylation sites is 1. The first-order chi connectivity index (χ1) is 13.6. The van der Waals surface area contributed by atoms with Gasteiger partial charge >= 0.3 is 5.97 Å². The number of hydrogen-bond donors (Lipinski definition) is 2. The van der Waals surface area contributed by atoms with Crippen LogP contribution in [0, 0.1) is 17.8 Å². The topological polar surface area (TPSA) is 67.8 Å². The third-order valence-corrected chi connectivity index (χ3v) is 7.12. The summed E-state index contributed by atoms with van der Waals surface area (Å²) in [6, 6.07) is 11.9. The van der Waals surface area contributed by atoms with Gasteiger partial charge in [-0.2, -0.15) is 0 Å². The number of anilines is 1. The molecule has 0 amide bonds. The molecule has 2 saturated carbocycles. The van der Waals surface area contributed by atoms with Crippen LogP contribution in [0.4, 0.5) is 5.69 Å². The molecule has 0 saturated heterocycles. The summed E-state index contributed by atoms with van der Waals surface area (Å²) >= 11 is 0. The van der Waals surface area contributed by atoms with Gasteiger partial charge in [0.15, 0.2) is 11.5 Å². The molecule has 146 valence electrons. The van der Waals surface area contributed by atoms with Gasteiger partial charge < -0.3 is 19.9 Å². The number of benzene rings is 2. The maximum Gasteiger partial charge on any atom is 0.337 e. The number of ether oxygens (including phenoxy) is 2. The van der Waals surface area contributed by atoms with Crippen molar-refractivity contribution in [1.29, 1.82) is 0 Å². The Morgan fingerprint density at radius 2 is 1.86 bits per heavy atom. The maximum absolute atomic E-state index is 11.9. The first kappa shape index (κ1) is 17.4. The van der Waals surface area contributed by atoms with Gasteiger partial charge in [-0.15, -0.1) is 0 Å². The average Bonchev–Trinajstić information content (AvgIpc) is 3.34. The number of hydrogen-bond acceptors (Lipinski definition) is 4. The number of methoxy groups -OCH3 is 2. The third kappa shape index (κ3) is 2.42. The van der Waals surface area contributed by atoms with Crippen LogP contribution in [0.5, 0.6) is 11.5 Å². The van der Waals surface area contributed by atoms with Crippen LogP contribution in [-0.4, -0.2) is 25.3 Å². The van der Waals surface area contributed by atoms with Gasteiger partial charge in [-0.05, 0) is 72.3 Å². The van der Waals surface area contributed by atoms with Crippen molar-refractivity contribution in [2.75, 3.05) is 19.5 Å². The SMILES string of the molecule is COc1ccc([C@@H]2Nc3c(C(=O)O)cccc3[C@H]3[C@H]4CC[C@@H](C4)[C@H]32)cc1OC. The summed E-state index contributed by atoms with van der Waals surface area (Å²) in [4.78, 5) is 11.9. The summed E-state index contributed by atoms with van der Waals surface area (Å²) in [5.41, 5.74) is 3.48. The van der Waals surface area contributed by atoms with Crippen molar-refractivity contribution in [3.8, 4) is 11.5 Å². The molecule has 3 aliphatic rings. The van der Waals surface area contributed by atoms with Crippen LogP contribution in [-0.2, 0) is 0 Å². The fraction of sp³-hybridized carbons (Fsp3) is 0.435. The van der Waals surface area contributed by atoms with Crippen LogP contribution in [0.15, 0.2) is 36.4 Å². The Hall–Kier alpha value is -2.69. The highest BCUT2D eigenvalue weighted by Gasteiger charge is 2.54. The van der Waals surface area contributed by atoms with Crippen LogP contribution in [0.3, 0.4) is 0 Å². The lowest BCUT2D eigenvalue weighted by Gasteiger charge is -2.44. The quantitative estimate of drug-likeness (QED) is 0.806. The molecule has 0 radical (unpaired) electrons. The molecule has 0 spiro atoms. The van der Waals surface area contributed by atoms with Crippen LogP contribution in [0.1, 0.15) is 52.7 Å². The Morgan fingerprint density at radius 1 is 1.07 bits per heavy atom. The van der Waals surface area contributed by atoms with E-state index in [9.17, 15) is 9.90 Å². The number of carboxylic acid groups (broad SMARTS) is 1. The highest BCUT2D eigenvalue weighted by Crippen LogP contribution is 2.64. The van der Waals surface area contributed by atoms with E-state index in [1.807, 2.05) is 18.2 Å². The van der Waals surface area contributed by atoms with Crippen LogP contribution in [0.2, 0.25) is 0 Å². The highest BCUT2D eigenvalue weighted by atomic mass is 16.5. The maximum atomic E-state index is 11.9. The van der Waals surface area contributed by atoms with Gasteiger partial charge in [-0.3, -0.25) is 0 Å². The molecule has 2 bridgehead atoms. The molecule has 2 N–H and O–H groups in total. The van der Waals surface area contributed by atoms with Gasteiger partial charge in [-0.25, -0.2) is 4.79 Å². The van der Waals surface area contributed by atoms with E-state index in [4.69, 9.17) is 9.47 Å². The molecule has 2 fully saturated rings. The molecule has 5 nitrogen and oxygen atoms in total. The zero-order chi connectivity index (χ0) is 19.4. The average molecular weight is 379 g/mol. The lowest BCUT2D eigenvalue weighted by atomic mass is 9.67. The molecule has 28 heavy (non-hydrogen) atoms. The van der Waals surface area contributed by atoms with E-state index in [1.165, 1.54) is 24.8 Å². The lowest BCUT2D eigenvalue weighted by molar-refractivity contribution is 0.0697. The lowest BCUT2D eigenvalue weighted by Crippen LogP contribution is -2.36. The Labute approximate surface area is 164 Å². The number of carboxylic acids is 1. The van der Waals surface area contributed by atoms with E-state index in [2.05, 4.69) is 17.4 Å². The number of carbonyl (C=O) groups is 1. The largest absolute Gasteiger partial charge is 0.493 e. The smallest absolute Gasteiger partial charge is 0.337 e. The van der Waals surface area contributed by atoms with E-state index < -0.39 is 5.97 Å². The van der Waals surface area contributed by atoms with Crippen LogP contribution in [0.25, 0.3) is 0 Å². The molecule has 5 heteroatoms. The predicted molar refractivity (Wildman–Crippen MR) is 106 cm³/mol. The van der Waals surface area contributed by atoms with Gasteiger partial charge in [0.2, 0.25) is 0 Å². The first-order valence-electron chi connectivity index (χ1n) is 9.97. The van der Waals surface area contributed by atoms with E-state index in [0.717, 1.165) is 11.3 Å². The van der Waals surface area contributed by atoms with E-state index in [0.29, 0.717) is 40.7 Å². The minimum atomic E-state index is -0.878. The zero-order valence-electron chi connectivity index (χ0n) is 16.1. The molecule has 0 aromatic heterocycles. The minimum Gasteiger partial charge on any atom is -0.493 e. The molecular weight excluding hydrogens is 354 g/mol. The Bertz CT molecular complexity index is 940. The monoisotopic (exact) mass is 379 g/mol. The molecule has 1 aliphatic heterocycles. The Balaban J connectivity index is 1.65. The van der Waals surface area contributed by atoms with Crippen molar-refractivity contribution in [1.82, 2.24) is 0 Å². The Kier molecular flexibility index (Phi) is 4.00. The molecule has 0 unspecified atom stereocenters. The zero-order valence-corrected chi connectivity index (χ0v) is 16.1. The highest BCUT2D eigenvalue weighted by molar-refractivity contribution is 5.95. The summed E-state index contributed by atoms with van der Waals surface area (Å²) in [7, 11) is 3.28. The number of rotatable bonds is 4. The molecule has 2 aromatic carbocycles. The van der Waals surface area contributed by atoms with E-state index >= 15 is 0 Å². The second-order valence-electron chi connectivity index (χ2n) is 8.25. The first-order valence-corrected chi connectivity index (χ1v) is 9.97. The van der Waals surface area contributed by atoms with Gasteiger partial charge in [-0.1, -0.05) is 18.2 Å². The van der Waals surface area contributed by atoms with E-state index in [-0.39, 0.29) is 6.04 Å². The molecule has 2 aliphatic carbocycles. The summed E-state index contributed by atoms with van der Waals surface area (Å²) in [6.07, 6.45) is 3.77. The molecular formula is C23H25NO4. The van der Waals surface area contributed by atoms with Gasteiger partial charge in [0, 0.05) is 0 Å². The van der Waals surface area contributed by atoms with Gasteiger partial charge in [0.25, 0.3) is 0 Å². The molecule has 5 atom stereocenters. The third-order valence-electron chi connectivity index (χ3n) is 7.12. The summed E-state index contributed by atoms with van der Waals surface area (Å²) < 4.78 is 10.9.